The van der Waals surface area contributed by atoms with Crippen molar-refractivity contribution in [1.82, 2.24) is 5.32 Å². The molecule has 1 unspecified atom stereocenters. The number of rotatable bonds is 8. The van der Waals surface area contributed by atoms with Crippen molar-refractivity contribution >= 4 is 0 Å². The van der Waals surface area contributed by atoms with Crippen molar-refractivity contribution in [3.8, 4) is 0 Å². The van der Waals surface area contributed by atoms with Gasteiger partial charge in [-0.15, -0.1) is 0 Å². The van der Waals surface area contributed by atoms with Crippen LogP contribution in [0.3, 0.4) is 0 Å². The maximum Gasteiger partial charge on any atom is 0.0536 e. The summed E-state index contributed by atoms with van der Waals surface area (Å²) in [5.41, 5.74) is 2.86. The topological polar surface area (TPSA) is 41.5 Å². The minimum Gasteiger partial charge on any atom is -0.396 e. The second-order valence-electron chi connectivity index (χ2n) is 6.79. The Morgan fingerprint density at radius 1 is 1.24 bits per heavy atom. The minimum atomic E-state index is 0.131. The Kier molecular flexibility index (Phi) is 6.22. The van der Waals surface area contributed by atoms with E-state index >= 15 is 0 Å². The molecule has 0 amide bonds. The van der Waals surface area contributed by atoms with Crippen LogP contribution in [-0.2, 0) is 17.7 Å². The average molecular weight is 291 g/mol. The predicted molar refractivity (Wildman–Crippen MR) is 86.3 cm³/mol. The van der Waals surface area contributed by atoms with Crippen LogP contribution in [-0.4, -0.2) is 31.5 Å². The number of hydrogen-bond donors (Lipinski definition) is 2. The van der Waals surface area contributed by atoms with E-state index in [0.29, 0.717) is 5.92 Å². The van der Waals surface area contributed by atoms with Gasteiger partial charge in [-0.3, -0.25) is 0 Å². The van der Waals surface area contributed by atoms with Crippen LogP contribution in [0, 0.1) is 11.3 Å². The summed E-state index contributed by atoms with van der Waals surface area (Å²) in [5, 5.41) is 12.8. The highest BCUT2D eigenvalue weighted by atomic mass is 16.5. The Hall–Kier alpha value is -0.900. The van der Waals surface area contributed by atoms with E-state index in [1.54, 1.807) is 0 Å². The number of aliphatic hydroxyl groups is 1. The molecule has 0 spiro atoms. The first-order valence-electron chi connectivity index (χ1n) is 8.11. The van der Waals surface area contributed by atoms with Gasteiger partial charge in [-0.05, 0) is 36.3 Å². The third kappa shape index (κ3) is 5.10. The standard InChI is InChI=1S/C18H29NO2/c1-15(2)11-16-3-5-17(6-4-16)12-19-13-18(7-9-20)8-10-21-14-18/h3-6,15,19-20H,7-14H2,1-2H3. The molecule has 3 nitrogen and oxygen atoms in total. The van der Waals surface area contributed by atoms with Crippen LogP contribution in [0.5, 0.6) is 0 Å². The molecule has 0 radical (unpaired) electrons. The second kappa shape index (κ2) is 7.92. The van der Waals surface area contributed by atoms with Crippen molar-refractivity contribution in [2.24, 2.45) is 11.3 Å². The van der Waals surface area contributed by atoms with Crippen molar-refractivity contribution in [2.75, 3.05) is 26.4 Å². The Balaban J connectivity index is 1.79. The lowest BCUT2D eigenvalue weighted by Crippen LogP contribution is -2.35. The minimum absolute atomic E-state index is 0.131. The molecule has 1 heterocycles. The lowest BCUT2D eigenvalue weighted by atomic mass is 9.84. The first-order chi connectivity index (χ1) is 10.1. The van der Waals surface area contributed by atoms with Gasteiger partial charge in [-0.25, -0.2) is 0 Å². The molecule has 1 fully saturated rings. The van der Waals surface area contributed by atoms with E-state index in [2.05, 4.69) is 43.4 Å². The Labute approximate surface area is 128 Å². The van der Waals surface area contributed by atoms with Gasteiger partial charge < -0.3 is 15.2 Å². The van der Waals surface area contributed by atoms with Gasteiger partial charge >= 0.3 is 0 Å². The summed E-state index contributed by atoms with van der Waals surface area (Å²) in [7, 11) is 0. The van der Waals surface area contributed by atoms with Crippen molar-refractivity contribution in [2.45, 2.75) is 39.7 Å². The van der Waals surface area contributed by atoms with Gasteiger partial charge in [0.1, 0.15) is 0 Å². The quantitative estimate of drug-likeness (QED) is 0.774. The summed E-state index contributed by atoms with van der Waals surface area (Å²) in [6.45, 7) is 8.14. The normalized spacial score (nSPS) is 22.1. The molecule has 1 aliphatic rings. The Morgan fingerprint density at radius 3 is 2.52 bits per heavy atom. The zero-order valence-electron chi connectivity index (χ0n) is 13.4. The van der Waals surface area contributed by atoms with Crippen LogP contribution in [0.2, 0.25) is 0 Å². The van der Waals surface area contributed by atoms with E-state index in [9.17, 15) is 5.11 Å². The SMILES string of the molecule is CC(C)Cc1ccc(CNCC2(CCO)CCOC2)cc1. The lowest BCUT2D eigenvalue weighted by Gasteiger charge is -2.26. The molecule has 1 atom stereocenters. The van der Waals surface area contributed by atoms with E-state index in [4.69, 9.17) is 4.74 Å². The molecule has 1 aromatic carbocycles. The number of benzene rings is 1. The third-order valence-corrected chi connectivity index (χ3v) is 4.32. The fourth-order valence-corrected chi connectivity index (χ4v) is 3.05. The van der Waals surface area contributed by atoms with Crippen molar-refractivity contribution in [3.05, 3.63) is 35.4 Å². The van der Waals surface area contributed by atoms with E-state index in [0.717, 1.165) is 45.6 Å². The fraction of sp³-hybridized carbons (Fsp3) is 0.667. The van der Waals surface area contributed by atoms with Gasteiger partial charge in [0.05, 0.1) is 6.61 Å². The predicted octanol–water partition coefficient (Wildman–Crippen LogP) is 2.76. The summed E-state index contributed by atoms with van der Waals surface area (Å²) < 4.78 is 5.52. The summed E-state index contributed by atoms with van der Waals surface area (Å²) >= 11 is 0. The maximum absolute atomic E-state index is 9.23. The van der Waals surface area contributed by atoms with Crippen LogP contribution >= 0.6 is 0 Å². The maximum atomic E-state index is 9.23. The molecule has 3 heteroatoms. The zero-order valence-corrected chi connectivity index (χ0v) is 13.4. The van der Waals surface area contributed by atoms with E-state index < -0.39 is 0 Å². The van der Waals surface area contributed by atoms with Crippen LogP contribution in [0.1, 0.15) is 37.8 Å². The molecule has 1 saturated heterocycles. The van der Waals surface area contributed by atoms with Gasteiger partial charge in [-0.1, -0.05) is 38.1 Å². The fourth-order valence-electron chi connectivity index (χ4n) is 3.05. The number of ether oxygens (including phenoxy) is 1. The van der Waals surface area contributed by atoms with E-state index in [-0.39, 0.29) is 12.0 Å². The second-order valence-corrected chi connectivity index (χ2v) is 6.79. The van der Waals surface area contributed by atoms with Crippen LogP contribution < -0.4 is 5.32 Å². The average Bonchev–Trinajstić information content (AvgIpc) is 2.89. The van der Waals surface area contributed by atoms with Gasteiger partial charge in [-0.2, -0.15) is 0 Å². The Bertz CT molecular complexity index is 408. The highest BCUT2D eigenvalue weighted by molar-refractivity contribution is 5.22. The summed E-state index contributed by atoms with van der Waals surface area (Å²) in [4.78, 5) is 0. The molecule has 0 aliphatic carbocycles. The van der Waals surface area contributed by atoms with Gasteiger partial charge in [0.25, 0.3) is 0 Å². The first kappa shape index (κ1) is 16.5. The molecule has 21 heavy (non-hydrogen) atoms. The third-order valence-electron chi connectivity index (χ3n) is 4.32. The van der Waals surface area contributed by atoms with Gasteiger partial charge in [0, 0.05) is 31.7 Å². The molecular formula is C18H29NO2. The van der Waals surface area contributed by atoms with Crippen LogP contribution in [0.4, 0.5) is 0 Å². The molecule has 0 aromatic heterocycles. The summed E-state index contributed by atoms with van der Waals surface area (Å²) in [6.07, 6.45) is 3.02. The van der Waals surface area contributed by atoms with Crippen molar-refractivity contribution < 1.29 is 9.84 Å². The molecule has 1 aromatic rings. The largest absolute Gasteiger partial charge is 0.396 e. The molecule has 0 saturated carbocycles. The number of hydrogen-bond acceptors (Lipinski definition) is 3. The van der Waals surface area contributed by atoms with E-state index in [1.807, 2.05) is 0 Å². The number of aliphatic hydroxyl groups excluding tert-OH is 1. The summed E-state index contributed by atoms with van der Waals surface area (Å²) in [5.74, 6) is 0.703. The molecular weight excluding hydrogens is 262 g/mol. The Morgan fingerprint density at radius 2 is 1.95 bits per heavy atom. The number of nitrogens with one attached hydrogen (secondary N) is 1. The van der Waals surface area contributed by atoms with Crippen LogP contribution in [0.25, 0.3) is 0 Å². The lowest BCUT2D eigenvalue weighted by molar-refractivity contribution is 0.124. The van der Waals surface area contributed by atoms with Gasteiger partial charge in [0.2, 0.25) is 0 Å². The summed E-state index contributed by atoms with van der Waals surface area (Å²) in [6, 6.07) is 8.90. The molecule has 1 aliphatic heterocycles. The molecule has 0 bridgehead atoms. The van der Waals surface area contributed by atoms with Gasteiger partial charge in [0.15, 0.2) is 0 Å². The molecule has 2 N–H and O–H groups in total. The first-order valence-corrected chi connectivity index (χ1v) is 8.11. The van der Waals surface area contributed by atoms with Crippen molar-refractivity contribution in [1.29, 1.82) is 0 Å². The van der Waals surface area contributed by atoms with E-state index in [1.165, 1.54) is 11.1 Å². The van der Waals surface area contributed by atoms with Crippen molar-refractivity contribution in [3.63, 3.8) is 0 Å². The molecule has 2 rings (SSSR count). The highest BCUT2D eigenvalue weighted by Crippen LogP contribution is 2.31. The monoisotopic (exact) mass is 291 g/mol. The smallest absolute Gasteiger partial charge is 0.0536 e. The highest BCUT2D eigenvalue weighted by Gasteiger charge is 2.33. The zero-order chi connectivity index (χ0) is 15.1. The molecule has 118 valence electrons. The van der Waals surface area contributed by atoms with Crippen LogP contribution in [0.15, 0.2) is 24.3 Å².